The van der Waals surface area contributed by atoms with E-state index < -0.39 is 10.9 Å². The number of ether oxygens (including phenoxy) is 1. The molecule has 0 atom stereocenters. The number of rotatable bonds is 7. The van der Waals surface area contributed by atoms with E-state index in [1.54, 1.807) is 6.07 Å². The van der Waals surface area contributed by atoms with Crippen LogP contribution in [-0.4, -0.2) is 36.2 Å². The second kappa shape index (κ2) is 6.74. The number of nitro groups is 1. The minimum atomic E-state index is -1.04. The van der Waals surface area contributed by atoms with Gasteiger partial charge in [0.2, 0.25) is 0 Å². The Morgan fingerprint density at radius 1 is 1.50 bits per heavy atom. The number of carboxylic acid groups (broad SMARTS) is 1. The highest BCUT2D eigenvalue weighted by Gasteiger charge is 2.26. The van der Waals surface area contributed by atoms with E-state index in [-0.39, 0.29) is 29.6 Å². The lowest BCUT2D eigenvalue weighted by Crippen LogP contribution is -2.33. The van der Waals surface area contributed by atoms with Gasteiger partial charge in [0.25, 0.3) is 0 Å². The molecule has 0 saturated carbocycles. The number of nitrogens with zero attached hydrogens (tertiary/aromatic N) is 2. The summed E-state index contributed by atoms with van der Waals surface area (Å²) in [5, 5.41) is 20.2. The average Bonchev–Trinajstić information content (AvgIpc) is 2.35. The van der Waals surface area contributed by atoms with Crippen molar-refractivity contribution in [3.8, 4) is 5.75 Å². The number of hydrogen-bond acceptors (Lipinski definition) is 5. The molecular formula is C13H18N2O5. The van der Waals surface area contributed by atoms with Gasteiger partial charge in [-0.25, -0.2) is 0 Å². The van der Waals surface area contributed by atoms with Gasteiger partial charge in [-0.1, -0.05) is 19.9 Å². The smallest absolute Gasteiger partial charge is 0.333 e. The molecule has 0 heterocycles. The Kier molecular flexibility index (Phi) is 5.31. The van der Waals surface area contributed by atoms with E-state index in [1.165, 1.54) is 24.1 Å². The molecule has 7 nitrogen and oxygen atoms in total. The van der Waals surface area contributed by atoms with Gasteiger partial charge in [0.15, 0.2) is 5.75 Å². The highest BCUT2D eigenvalue weighted by Crippen LogP contribution is 2.37. The Morgan fingerprint density at radius 2 is 2.15 bits per heavy atom. The van der Waals surface area contributed by atoms with E-state index in [9.17, 15) is 14.9 Å². The molecule has 0 saturated heterocycles. The number of carboxylic acids is 1. The molecule has 7 heteroatoms. The van der Waals surface area contributed by atoms with Gasteiger partial charge >= 0.3 is 11.7 Å². The lowest BCUT2D eigenvalue weighted by atomic mass is 10.1. The molecule has 0 radical (unpaired) electrons. The highest BCUT2D eigenvalue weighted by atomic mass is 16.6. The molecule has 1 rings (SSSR count). The van der Waals surface area contributed by atoms with Crippen LogP contribution < -0.4 is 9.64 Å². The second-order valence-corrected chi connectivity index (χ2v) is 4.75. The molecule has 110 valence electrons. The Bertz CT molecular complexity index is 502. The van der Waals surface area contributed by atoms with E-state index in [1.807, 2.05) is 13.8 Å². The summed E-state index contributed by atoms with van der Waals surface area (Å²) in [6, 6.07) is 4.62. The van der Waals surface area contributed by atoms with Crippen molar-refractivity contribution >= 4 is 17.3 Å². The topological polar surface area (TPSA) is 92.9 Å². The summed E-state index contributed by atoms with van der Waals surface area (Å²) in [4.78, 5) is 23.1. The first-order valence-corrected chi connectivity index (χ1v) is 6.15. The van der Waals surface area contributed by atoms with Gasteiger partial charge in [0.05, 0.1) is 12.0 Å². The third-order valence-corrected chi connectivity index (χ3v) is 2.63. The maximum atomic E-state index is 11.2. The number of nitro benzene ring substituents is 1. The van der Waals surface area contributed by atoms with E-state index in [4.69, 9.17) is 9.84 Å². The number of benzene rings is 1. The molecule has 0 aromatic heterocycles. The molecule has 1 N–H and O–H groups in total. The van der Waals surface area contributed by atoms with Crippen molar-refractivity contribution in [2.24, 2.45) is 5.92 Å². The monoisotopic (exact) mass is 282 g/mol. The standard InChI is InChI=1S/C13H18N2O5/c1-9(2)7-14(8-12(16)17)10-5-4-6-11(20-3)13(10)15(18)19/h4-6,9H,7-8H2,1-3H3,(H,16,17). The summed E-state index contributed by atoms with van der Waals surface area (Å²) >= 11 is 0. The van der Waals surface area contributed by atoms with E-state index in [0.717, 1.165) is 0 Å². The molecule has 20 heavy (non-hydrogen) atoms. The SMILES string of the molecule is COc1cccc(N(CC(=O)O)CC(C)C)c1[N+](=O)[O-]. The number of anilines is 1. The van der Waals surface area contributed by atoms with Crippen LogP contribution in [0.15, 0.2) is 18.2 Å². The van der Waals surface area contributed by atoms with Crippen molar-refractivity contribution in [2.75, 3.05) is 25.1 Å². The maximum Gasteiger partial charge on any atom is 0.333 e. The van der Waals surface area contributed by atoms with E-state index in [2.05, 4.69) is 0 Å². The van der Waals surface area contributed by atoms with Crippen molar-refractivity contribution in [3.05, 3.63) is 28.3 Å². The fourth-order valence-corrected chi connectivity index (χ4v) is 1.97. The van der Waals surface area contributed by atoms with Gasteiger partial charge in [-0.3, -0.25) is 14.9 Å². The third-order valence-electron chi connectivity index (χ3n) is 2.63. The van der Waals surface area contributed by atoms with Gasteiger partial charge in [-0.15, -0.1) is 0 Å². The first-order valence-electron chi connectivity index (χ1n) is 6.15. The average molecular weight is 282 g/mol. The molecule has 1 aromatic rings. The summed E-state index contributed by atoms with van der Waals surface area (Å²) < 4.78 is 4.99. The number of para-hydroxylation sites is 1. The fraction of sp³-hybridized carbons (Fsp3) is 0.462. The summed E-state index contributed by atoms with van der Waals surface area (Å²) in [6.45, 7) is 3.94. The van der Waals surface area contributed by atoms with Crippen LogP contribution in [-0.2, 0) is 4.79 Å². The molecule has 0 amide bonds. The molecule has 0 aliphatic carbocycles. The van der Waals surface area contributed by atoms with Gasteiger partial charge in [-0.05, 0) is 18.1 Å². The van der Waals surface area contributed by atoms with Crippen LogP contribution in [0.2, 0.25) is 0 Å². The summed E-state index contributed by atoms with van der Waals surface area (Å²) in [5.41, 5.74) is 0.0438. The second-order valence-electron chi connectivity index (χ2n) is 4.75. The van der Waals surface area contributed by atoms with Crippen LogP contribution in [0, 0.1) is 16.0 Å². The fourth-order valence-electron chi connectivity index (χ4n) is 1.97. The zero-order valence-corrected chi connectivity index (χ0v) is 11.7. The zero-order chi connectivity index (χ0) is 15.3. The molecule has 0 aliphatic heterocycles. The Labute approximate surface area is 116 Å². The maximum absolute atomic E-state index is 11.2. The molecule has 0 aliphatic rings. The highest BCUT2D eigenvalue weighted by molar-refractivity contribution is 5.78. The molecule has 0 bridgehead atoms. The Morgan fingerprint density at radius 3 is 2.60 bits per heavy atom. The van der Waals surface area contributed by atoms with Crippen molar-refractivity contribution in [3.63, 3.8) is 0 Å². The van der Waals surface area contributed by atoms with Crippen LogP contribution in [0.25, 0.3) is 0 Å². The first-order chi connectivity index (χ1) is 9.36. The van der Waals surface area contributed by atoms with Crippen molar-refractivity contribution in [1.82, 2.24) is 0 Å². The van der Waals surface area contributed by atoms with E-state index >= 15 is 0 Å². The summed E-state index contributed by atoms with van der Waals surface area (Å²) in [5.74, 6) is -0.755. The van der Waals surface area contributed by atoms with Crippen LogP contribution >= 0.6 is 0 Å². The van der Waals surface area contributed by atoms with Crippen LogP contribution in [0.5, 0.6) is 5.75 Å². The zero-order valence-electron chi connectivity index (χ0n) is 11.7. The number of carbonyl (C=O) groups is 1. The van der Waals surface area contributed by atoms with Crippen LogP contribution in [0.3, 0.4) is 0 Å². The summed E-state index contributed by atoms with van der Waals surface area (Å²) in [7, 11) is 1.34. The van der Waals surface area contributed by atoms with Gasteiger partial charge in [0, 0.05) is 6.54 Å². The summed E-state index contributed by atoms with van der Waals surface area (Å²) in [6.07, 6.45) is 0. The number of hydrogen-bond donors (Lipinski definition) is 1. The Hall–Kier alpha value is -2.31. The molecule has 0 fully saturated rings. The van der Waals surface area contributed by atoms with Crippen molar-refractivity contribution < 1.29 is 19.6 Å². The quantitative estimate of drug-likeness (QED) is 0.608. The number of methoxy groups -OCH3 is 1. The van der Waals surface area contributed by atoms with E-state index in [0.29, 0.717) is 6.54 Å². The largest absolute Gasteiger partial charge is 0.490 e. The van der Waals surface area contributed by atoms with Crippen LogP contribution in [0.1, 0.15) is 13.8 Å². The third kappa shape index (κ3) is 3.84. The number of aliphatic carboxylic acids is 1. The lowest BCUT2D eigenvalue weighted by molar-refractivity contribution is -0.385. The lowest BCUT2D eigenvalue weighted by Gasteiger charge is -2.24. The molecule has 0 spiro atoms. The normalized spacial score (nSPS) is 10.4. The first kappa shape index (κ1) is 15.7. The van der Waals surface area contributed by atoms with Gasteiger partial charge in [-0.2, -0.15) is 0 Å². The van der Waals surface area contributed by atoms with Crippen molar-refractivity contribution in [2.45, 2.75) is 13.8 Å². The van der Waals surface area contributed by atoms with Gasteiger partial charge < -0.3 is 14.7 Å². The minimum absolute atomic E-state index is 0.117. The Balaban J connectivity index is 3.30. The minimum Gasteiger partial charge on any atom is -0.490 e. The molecule has 1 aromatic carbocycles. The molecule has 0 unspecified atom stereocenters. The predicted molar refractivity (Wildman–Crippen MR) is 74.3 cm³/mol. The van der Waals surface area contributed by atoms with Crippen molar-refractivity contribution in [1.29, 1.82) is 0 Å². The van der Waals surface area contributed by atoms with Gasteiger partial charge in [0.1, 0.15) is 12.2 Å². The van der Waals surface area contributed by atoms with Crippen LogP contribution in [0.4, 0.5) is 11.4 Å². The molecular weight excluding hydrogens is 264 g/mol. The predicted octanol–water partition coefficient (Wildman–Crippen LogP) is 2.15.